The van der Waals surface area contributed by atoms with Crippen molar-refractivity contribution in [2.75, 3.05) is 10.6 Å². The fraction of sp³-hybridized carbons (Fsp3) is 0.111. The van der Waals surface area contributed by atoms with Crippen molar-refractivity contribution in [3.63, 3.8) is 0 Å². The van der Waals surface area contributed by atoms with Gasteiger partial charge < -0.3 is 10.6 Å². The zero-order chi connectivity index (χ0) is 18.7. The lowest BCUT2D eigenvalue weighted by Crippen LogP contribution is -2.20. The number of nitrogens with one attached hydrogen (secondary N) is 2. The average molecular weight is 409 g/mol. The number of hydrogen-bond acceptors (Lipinski definition) is 2. The molecule has 26 heavy (non-hydrogen) atoms. The molecule has 0 atom stereocenters. The zero-order valence-electron chi connectivity index (χ0n) is 13.8. The minimum Gasteiger partial charge on any atom is -0.332 e. The molecular formula is C18H15Cl2FN4S. The fourth-order valence-corrected chi connectivity index (χ4v) is 2.97. The van der Waals surface area contributed by atoms with E-state index in [1.807, 2.05) is 19.1 Å². The smallest absolute Gasteiger partial charge is 0.176 e. The molecule has 1 heterocycles. The summed E-state index contributed by atoms with van der Waals surface area (Å²) in [7, 11) is 0. The number of nitrogens with zero attached hydrogens (tertiary/aromatic N) is 2. The first-order valence-corrected chi connectivity index (χ1v) is 8.89. The van der Waals surface area contributed by atoms with Gasteiger partial charge in [0, 0.05) is 33.6 Å². The van der Waals surface area contributed by atoms with E-state index in [2.05, 4.69) is 15.7 Å². The summed E-state index contributed by atoms with van der Waals surface area (Å²) in [4.78, 5) is 0. The molecule has 0 saturated heterocycles. The predicted octanol–water partition coefficient (Wildman–Crippen LogP) is 5.49. The van der Waals surface area contributed by atoms with Gasteiger partial charge in [-0.1, -0.05) is 35.3 Å². The molecule has 0 unspecified atom stereocenters. The van der Waals surface area contributed by atoms with Gasteiger partial charge in [0.1, 0.15) is 5.82 Å². The lowest BCUT2D eigenvalue weighted by Gasteiger charge is -2.11. The summed E-state index contributed by atoms with van der Waals surface area (Å²) in [5, 5.41) is 11.8. The highest BCUT2D eigenvalue weighted by molar-refractivity contribution is 7.80. The molecule has 2 N–H and O–H groups in total. The number of aromatic nitrogens is 2. The Morgan fingerprint density at radius 3 is 2.77 bits per heavy atom. The van der Waals surface area contributed by atoms with Crippen LogP contribution in [0.4, 0.5) is 15.9 Å². The summed E-state index contributed by atoms with van der Waals surface area (Å²) in [5.41, 5.74) is 2.21. The van der Waals surface area contributed by atoms with Crippen LogP contribution in [0.2, 0.25) is 10.0 Å². The van der Waals surface area contributed by atoms with E-state index >= 15 is 0 Å². The highest BCUT2D eigenvalue weighted by Crippen LogP contribution is 2.21. The van der Waals surface area contributed by atoms with Crippen LogP contribution in [0.3, 0.4) is 0 Å². The van der Waals surface area contributed by atoms with Crippen molar-refractivity contribution < 1.29 is 4.39 Å². The van der Waals surface area contributed by atoms with E-state index in [4.69, 9.17) is 35.4 Å². The Morgan fingerprint density at radius 2 is 2.00 bits per heavy atom. The number of benzene rings is 2. The highest BCUT2D eigenvalue weighted by atomic mass is 35.5. The molecule has 0 radical (unpaired) electrons. The largest absolute Gasteiger partial charge is 0.332 e. The van der Waals surface area contributed by atoms with Crippen molar-refractivity contribution in [3.05, 3.63) is 75.7 Å². The second kappa shape index (κ2) is 8.03. The van der Waals surface area contributed by atoms with E-state index in [0.29, 0.717) is 26.5 Å². The minimum absolute atomic E-state index is 0.223. The van der Waals surface area contributed by atoms with Crippen molar-refractivity contribution in [2.24, 2.45) is 0 Å². The van der Waals surface area contributed by atoms with Gasteiger partial charge in [0.25, 0.3) is 0 Å². The third-order valence-electron chi connectivity index (χ3n) is 3.71. The van der Waals surface area contributed by atoms with Crippen LogP contribution < -0.4 is 10.6 Å². The van der Waals surface area contributed by atoms with Crippen LogP contribution in [0.5, 0.6) is 0 Å². The molecule has 0 amide bonds. The van der Waals surface area contributed by atoms with Crippen LogP contribution >= 0.6 is 35.4 Å². The highest BCUT2D eigenvalue weighted by Gasteiger charge is 2.09. The summed E-state index contributed by atoms with van der Waals surface area (Å²) in [6.45, 7) is 2.18. The van der Waals surface area contributed by atoms with E-state index in [1.165, 1.54) is 6.07 Å². The van der Waals surface area contributed by atoms with Crippen molar-refractivity contribution in [1.82, 2.24) is 9.78 Å². The standard InChI is InChI=1S/C18H15Cl2FN4S/c1-11-5-6-12(19)9-16(11)22-18(26)23-17-7-8-25(24-17)10-13-14(20)3-2-4-15(13)21/h2-9H,10H2,1H3,(H2,22,23,24,26). The van der Waals surface area contributed by atoms with Crippen LogP contribution in [-0.4, -0.2) is 14.9 Å². The van der Waals surface area contributed by atoms with Gasteiger partial charge >= 0.3 is 0 Å². The van der Waals surface area contributed by atoms with E-state index in [1.54, 1.807) is 35.1 Å². The van der Waals surface area contributed by atoms with Crippen molar-refractivity contribution >= 4 is 52.0 Å². The van der Waals surface area contributed by atoms with E-state index in [-0.39, 0.29) is 12.4 Å². The van der Waals surface area contributed by atoms with Gasteiger partial charge in [-0.25, -0.2) is 4.39 Å². The maximum absolute atomic E-state index is 13.9. The molecule has 1 aromatic heterocycles. The Hall–Kier alpha value is -2.15. The first-order valence-electron chi connectivity index (χ1n) is 7.73. The monoisotopic (exact) mass is 408 g/mol. The molecule has 0 fully saturated rings. The van der Waals surface area contributed by atoms with Crippen molar-refractivity contribution in [3.8, 4) is 0 Å². The van der Waals surface area contributed by atoms with E-state index < -0.39 is 0 Å². The van der Waals surface area contributed by atoms with Gasteiger partial charge in [-0.15, -0.1) is 0 Å². The quantitative estimate of drug-likeness (QED) is 0.559. The Bertz CT molecular complexity index is 938. The normalized spacial score (nSPS) is 10.6. The second-order valence-corrected chi connectivity index (χ2v) is 6.89. The van der Waals surface area contributed by atoms with Crippen LogP contribution in [0.25, 0.3) is 0 Å². The molecule has 0 saturated carbocycles. The average Bonchev–Trinajstić information content (AvgIpc) is 3.01. The van der Waals surface area contributed by atoms with Gasteiger partial charge in [-0.2, -0.15) is 5.10 Å². The van der Waals surface area contributed by atoms with Crippen LogP contribution in [0.1, 0.15) is 11.1 Å². The summed E-state index contributed by atoms with van der Waals surface area (Å²) in [6, 6.07) is 11.8. The van der Waals surface area contributed by atoms with Crippen LogP contribution in [0.15, 0.2) is 48.7 Å². The molecule has 8 heteroatoms. The number of rotatable bonds is 4. The van der Waals surface area contributed by atoms with Gasteiger partial charge in [-0.05, 0) is 49.0 Å². The summed E-state index contributed by atoms with van der Waals surface area (Å²) in [5.74, 6) is 0.172. The molecular weight excluding hydrogens is 394 g/mol. The lowest BCUT2D eigenvalue weighted by molar-refractivity contribution is 0.586. The van der Waals surface area contributed by atoms with Crippen molar-refractivity contribution in [1.29, 1.82) is 0 Å². The number of hydrogen-bond donors (Lipinski definition) is 2. The van der Waals surface area contributed by atoms with Gasteiger partial charge in [0.15, 0.2) is 10.9 Å². The Labute approximate surface area is 165 Å². The molecule has 0 aliphatic carbocycles. The van der Waals surface area contributed by atoms with Gasteiger partial charge in [0.2, 0.25) is 0 Å². The number of thiocarbonyl (C=S) groups is 1. The molecule has 4 nitrogen and oxygen atoms in total. The molecule has 0 aliphatic rings. The molecule has 0 bridgehead atoms. The van der Waals surface area contributed by atoms with Crippen molar-refractivity contribution in [2.45, 2.75) is 13.5 Å². The van der Waals surface area contributed by atoms with Gasteiger partial charge in [-0.3, -0.25) is 4.68 Å². The van der Waals surface area contributed by atoms with E-state index in [9.17, 15) is 4.39 Å². The summed E-state index contributed by atoms with van der Waals surface area (Å²) in [6.07, 6.45) is 1.72. The minimum atomic E-state index is -0.365. The molecule has 0 aliphatic heterocycles. The third-order valence-corrected chi connectivity index (χ3v) is 4.51. The maximum Gasteiger partial charge on any atom is 0.176 e. The Balaban J connectivity index is 1.66. The zero-order valence-corrected chi connectivity index (χ0v) is 16.1. The molecule has 0 spiro atoms. The second-order valence-electron chi connectivity index (χ2n) is 5.64. The number of halogens is 3. The Kier molecular flexibility index (Phi) is 5.76. The Morgan fingerprint density at radius 1 is 1.19 bits per heavy atom. The number of aryl methyl sites for hydroxylation is 1. The summed E-state index contributed by atoms with van der Waals surface area (Å²) >= 11 is 17.4. The molecule has 2 aromatic carbocycles. The first kappa shape index (κ1) is 18.6. The topological polar surface area (TPSA) is 41.9 Å². The summed E-state index contributed by atoms with van der Waals surface area (Å²) < 4.78 is 15.5. The van der Waals surface area contributed by atoms with Crippen LogP contribution in [-0.2, 0) is 6.54 Å². The van der Waals surface area contributed by atoms with E-state index in [0.717, 1.165) is 11.3 Å². The molecule has 3 aromatic rings. The first-order chi connectivity index (χ1) is 12.4. The SMILES string of the molecule is Cc1ccc(Cl)cc1NC(=S)Nc1ccn(Cc2c(F)cccc2Cl)n1. The number of anilines is 2. The van der Waals surface area contributed by atoms with Gasteiger partial charge in [0.05, 0.1) is 6.54 Å². The molecule has 134 valence electrons. The maximum atomic E-state index is 13.9. The predicted molar refractivity (Wildman–Crippen MR) is 109 cm³/mol. The third kappa shape index (κ3) is 4.52. The lowest BCUT2D eigenvalue weighted by atomic mass is 10.2. The fourth-order valence-electron chi connectivity index (χ4n) is 2.36. The molecule has 3 rings (SSSR count). The van der Waals surface area contributed by atoms with Crippen LogP contribution in [0, 0.1) is 12.7 Å².